The number of unbranched alkanes of at least 4 members (excludes halogenated alkanes) is 2. The van der Waals surface area contributed by atoms with E-state index in [1.807, 2.05) is 19.1 Å². The van der Waals surface area contributed by atoms with Crippen LogP contribution in [-0.4, -0.2) is 0 Å². The van der Waals surface area contributed by atoms with Crippen molar-refractivity contribution in [3.63, 3.8) is 0 Å². The number of rotatable bonds is 12. The Kier molecular flexibility index (Phi) is 9.18. The summed E-state index contributed by atoms with van der Waals surface area (Å²) in [6, 6.07) is 4.18. The van der Waals surface area contributed by atoms with Gasteiger partial charge in [-0.25, -0.2) is 4.39 Å². The Morgan fingerprint density at radius 1 is 1.17 bits per heavy atom. The van der Waals surface area contributed by atoms with Crippen molar-refractivity contribution in [3.05, 3.63) is 58.4 Å². The van der Waals surface area contributed by atoms with Crippen molar-refractivity contribution < 1.29 is 4.39 Å². The Morgan fingerprint density at radius 3 is 2.41 bits per heavy atom. The van der Waals surface area contributed by atoms with Crippen LogP contribution in [-0.2, 0) is 12.8 Å². The van der Waals surface area contributed by atoms with Gasteiger partial charge in [-0.1, -0.05) is 89.7 Å². The maximum Gasteiger partial charge on any atom is 0.129 e. The number of halogens is 1. The number of aryl methyl sites for hydroxylation is 1. The molecule has 1 aliphatic carbocycles. The van der Waals surface area contributed by atoms with Crippen LogP contribution >= 0.6 is 0 Å². The van der Waals surface area contributed by atoms with Crippen molar-refractivity contribution in [2.75, 3.05) is 0 Å². The smallest absolute Gasteiger partial charge is 0.129 e. The van der Waals surface area contributed by atoms with E-state index < -0.39 is 0 Å². The van der Waals surface area contributed by atoms with E-state index in [0.717, 1.165) is 41.9 Å². The fraction of sp³-hybridized carbons (Fsp3) is 0.643. The van der Waals surface area contributed by atoms with Gasteiger partial charge in [-0.05, 0) is 79.5 Å². The summed E-state index contributed by atoms with van der Waals surface area (Å²) < 4.78 is 15.1. The van der Waals surface area contributed by atoms with E-state index >= 15 is 4.39 Å². The SMILES string of the molecule is C=C/C(Cc1ccc(CCCC(C)CCCCC)c(F)c1C)=C(\C)C1(C)CCC1. The molecular formula is C28H43F. The first-order chi connectivity index (χ1) is 13.8. The highest BCUT2D eigenvalue weighted by Crippen LogP contribution is 2.47. The summed E-state index contributed by atoms with van der Waals surface area (Å²) in [5, 5.41) is 0. The van der Waals surface area contributed by atoms with Crippen LogP contribution in [0.4, 0.5) is 4.39 Å². The summed E-state index contributed by atoms with van der Waals surface area (Å²) in [6.45, 7) is 15.2. The highest BCUT2D eigenvalue weighted by Gasteiger charge is 2.34. The molecule has 1 aromatic rings. The lowest BCUT2D eigenvalue weighted by atomic mass is 9.64. The summed E-state index contributed by atoms with van der Waals surface area (Å²) in [5.41, 5.74) is 5.87. The van der Waals surface area contributed by atoms with Crippen LogP contribution in [0.3, 0.4) is 0 Å². The van der Waals surface area contributed by atoms with Crippen LogP contribution in [0.25, 0.3) is 0 Å². The topological polar surface area (TPSA) is 0 Å². The Bertz CT molecular complexity index is 705. The lowest BCUT2D eigenvalue weighted by Crippen LogP contribution is -2.27. The maximum absolute atomic E-state index is 15.1. The predicted octanol–water partition coefficient (Wildman–Crippen LogP) is 8.91. The third kappa shape index (κ3) is 6.30. The Labute approximate surface area is 179 Å². The lowest BCUT2D eigenvalue weighted by molar-refractivity contribution is 0.213. The second-order valence-corrected chi connectivity index (χ2v) is 9.76. The summed E-state index contributed by atoms with van der Waals surface area (Å²) in [6.07, 6.45) is 15.0. The van der Waals surface area contributed by atoms with Gasteiger partial charge < -0.3 is 0 Å². The normalized spacial score (nSPS) is 17.4. The summed E-state index contributed by atoms with van der Waals surface area (Å²) >= 11 is 0. The molecule has 1 atom stereocenters. The standard InChI is InChI=1S/C28H43F/c1-7-9-10-13-21(3)14-11-15-25-16-17-26(22(4)27(25)29)20-24(8-2)23(5)28(6)18-12-19-28/h8,16-17,21H,2,7,9-15,18-20H2,1,3-6H3/b24-23-. The van der Waals surface area contributed by atoms with Gasteiger partial charge in [0.1, 0.15) is 5.82 Å². The fourth-order valence-corrected chi connectivity index (χ4v) is 4.73. The van der Waals surface area contributed by atoms with Gasteiger partial charge in [0, 0.05) is 0 Å². The molecule has 2 rings (SSSR count). The number of hydrogen-bond acceptors (Lipinski definition) is 0. The zero-order valence-electron chi connectivity index (χ0n) is 19.7. The molecule has 0 N–H and O–H groups in total. The van der Waals surface area contributed by atoms with Gasteiger partial charge in [-0.2, -0.15) is 0 Å². The Hall–Kier alpha value is -1.37. The molecule has 0 radical (unpaired) electrons. The molecule has 1 aromatic carbocycles. The van der Waals surface area contributed by atoms with Gasteiger partial charge in [0.15, 0.2) is 0 Å². The van der Waals surface area contributed by atoms with Crippen molar-refractivity contribution in [1.82, 2.24) is 0 Å². The molecule has 1 fully saturated rings. The average Bonchev–Trinajstić information content (AvgIpc) is 2.68. The highest BCUT2D eigenvalue weighted by atomic mass is 19.1. The van der Waals surface area contributed by atoms with Gasteiger partial charge in [-0.15, -0.1) is 0 Å². The number of allylic oxidation sites excluding steroid dienone is 3. The minimum atomic E-state index is 0.0112. The molecule has 0 bridgehead atoms. The minimum Gasteiger partial charge on any atom is -0.206 e. The van der Waals surface area contributed by atoms with E-state index in [1.54, 1.807) is 0 Å². The van der Waals surface area contributed by atoms with Crippen LogP contribution in [0.15, 0.2) is 35.9 Å². The zero-order valence-corrected chi connectivity index (χ0v) is 19.7. The van der Waals surface area contributed by atoms with Crippen molar-refractivity contribution in [2.24, 2.45) is 11.3 Å². The van der Waals surface area contributed by atoms with E-state index in [9.17, 15) is 0 Å². The molecule has 162 valence electrons. The molecule has 1 heteroatoms. The van der Waals surface area contributed by atoms with Crippen molar-refractivity contribution in [2.45, 2.75) is 105 Å². The molecule has 0 nitrogen and oxygen atoms in total. The highest BCUT2D eigenvalue weighted by molar-refractivity contribution is 5.40. The molecule has 0 spiro atoms. The maximum atomic E-state index is 15.1. The third-order valence-electron chi connectivity index (χ3n) is 7.49. The average molecular weight is 399 g/mol. The van der Waals surface area contributed by atoms with Gasteiger partial charge in [0.2, 0.25) is 0 Å². The number of hydrogen-bond donors (Lipinski definition) is 0. The van der Waals surface area contributed by atoms with Crippen LogP contribution in [0, 0.1) is 24.1 Å². The van der Waals surface area contributed by atoms with Crippen LogP contribution in [0.1, 0.15) is 102 Å². The van der Waals surface area contributed by atoms with Gasteiger partial charge >= 0.3 is 0 Å². The molecule has 1 aliphatic rings. The molecule has 0 saturated heterocycles. The molecule has 29 heavy (non-hydrogen) atoms. The largest absolute Gasteiger partial charge is 0.206 e. The Morgan fingerprint density at radius 2 is 1.83 bits per heavy atom. The molecular weight excluding hydrogens is 355 g/mol. The second kappa shape index (κ2) is 11.1. The van der Waals surface area contributed by atoms with Crippen molar-refractivity contribution in [1.29, 1.82) is 0 Å². The predicted molar refractivity (Wildman–Crippen MR) is 126 cm³/mol. The molecule has 0 amide bonds. The van der Waals surface area contributed by atoms with Gasteiger partial charge in [-0.3, -0.25) is 0 Å². The molecule has 1 saturated carbocycles. The Balaban J connectivity index is 2.00. The van der Waals surface area contributed by atoms with E-state index in [0.29, 0.717) is 5.41 Å². The zero-order chi connectivity index (χ0) is 21.4. The first-order valence-corrected chi connectivity index (χ1v) is 11.9. The monoisotopic (exact) mass is 398 g/mol. The first-order valence-electron chi connectivity index (χ1n) is 11.9. The minimum absolute atomic E-state index is 0.0112. The van der Waals surface area contributed by atoms with Gasteiger partial charge in [0.05, 0.1) is 0 Å². The van der Waals surface area contributed by atoms with E-state index in [-0.39, 0.29) is 5.82 Å². The van der Waals surface area contributed by atoms with E-state index in [4.69, 9.17) is 0 Å². The third-order valence-corrected chi connectivity index (χ3v) is 7.49. The molecule has 0 aromatic heterocycles. The second-order valence-electron chi connectivity index (χ2n) is 9.76. The molecule has 1 unspecified atom stereocenters. The lowest BCUT2D eigenvalue weighted by Gasteiger charge is -2.41. The molecule has 0 aliphatic heterocycles. The summed E-state index contributed by atoms with van der Waals surface area (Å²) in [5.74, 6) is 0.762. The summed E-state index contributed by atoms with van der Waals surface area (Å²) in [4.78, 5) is 0. The van der Waals surface area contributed by atoms with Crippen molar-refractivity contribution in [3.8, 4) is 0 Å². The quantitative estimate of drug-likeness (QED) is 0.243. The van der Waals surface area contributed by atoms with E-state index in [2.05, 4.69) is 40.3 Å². The van der Waals surface area contributed by atoms with Crippen LogP contribution < -0.4 is 0 Å². The fourth-order valence-electron chi connectivity index (χ4n) is 4.73. The van der Waals surface area contributed by atoms with E-state index in [1.165, 1.54) is 62.5 Å². The first kappa shape index (κ1) is 23.9. The van der Waals surface area contributed by atoms with Crippen LogP contribution in [0.5, 0.6) is 0 Å². The molecule has 0 heterocycles. The van der Waals surface area contributed by atoms with Gasteiger partial charge in [0.25, 0.3) is 0 Å². The van der Waals surface area contributed by atoms with Crippen LogP contribution in [0.2, 0.25) is 0 Å². The van der Waals surface area contributed by atoms with Crippen molar-refractivity contribution >= 4 is 0 Å². The summed E-state index contributed by atoms with van der Waals surface area (Å²) in [7, 11) is 0. The number of benzene rings is 1.